The average molecular weight is 370 g/mol. The van der Waals surface area contributed by atoms with E-state index in [-0.39, 0.29) is 19.2 Å². The number of hydrogen-bond acceptors (Lipinski definition) is 5. The maximum Gasteiger partial charge on any atom is 0.225 e. The molecule has 0 spiro atoms. The van der Waals surface area contributed by atoms with Gasteiger partial charge in [-0.25, -0.2) is 13.8 Å². The van der Waals surface area contributed by atoms with Gasteiger partial charge in [0.2, 0.25) is 5.95 Å². The van der Waals surface area contributed by atoms with Crippen LogP contribution < -0.4 is 10.6 Å². The topological polar surface area (TPSA) is 70.1 Å². The molecule has 0 aliphatic heterocycles. The Balaban J connectivity index is 1.87. The summed E-state index contributed by atoms with van der Waals surface area (Å²) in [4.78, 5) is 8.86. The first-order chi connectivity index (χ1) is 13.0. The van der Waals surface area contributed by atoms with Crippen LogP contribution in [0.4, 0.5) is 20.5 Å². The zero-order chi connectivity index (χ0) is 19.2. The zero-order valence-electron chi connectivity index (χ0n) is 14.8. The summed E-state index contributed by atoms with van der Waals surface area (Å²) in [6, 6.07) is 14.5. The number of hydrogen-bond donors (Lipinski definition) is 3. The molecule has 5 nitrogen and oxygen atoms in total. The second-order valence-electron chi connectivity index (χ2n) is 6.19. The standard InChI is InChI=1S/C20H20F2N4O/c1-13(12-27)24-20-25-18(15-5-3-2-4-6-15)10-19(26-20)23-11-14-7-16(21)9-17(22)8-14/h2-10,13,27H,11-12H2,1H3,(H2,23,24,25,26)/t13-/m0/s1. The number of aliphatic hydroxyl groups is 1. The molecule has 1 aromatic heterocycles. The highest BCUT2D eigenvalue weighted by atomic mass is 19.1. The molecule has 0 bridgehead atoms. The van der Waals surface area contributed by atoms with Gasteiger partial charge in [0.25, 0.3) is 0 Å². The Kier molecular flexibility index (Phi) is 5.93. The molecular weight excluding hydrogens is 350 g/mol. The molecular formula is C20H20F2N4O. The minimum absolute atomic E-state index is 0.0652. The number of halogens is 2. The van der Waals surface area contributed by atoms with E-state index in [9.17, 15) is 13.9 Å². The van der Waals surface area contributed by atoms with Crippen molar-refractivity contribution in [3.8, 4) is 11.3 Å². The highest BCUT2D eigenvalue weighted by Crippen LogP contribution is 2.22. The lowest BCUT2D eigenvalue weighted by Gasteiger charge is -2.14. The minimum atomic E-state index is -0.626. The molecule has 0 unspecified atom stereocenters. The molecule has 7 heteroatoms. The van der Waals surface area contributed by atoms with Gasteiger partial charge in [0.1, 0.15) is 17.5 Å². The van der Waals surface area contributed by atoms with Gasteiger partial charge in [-0.3, -0.25) is 0 Å². The second kappa shape index (κ2) is 8.55. The molecule has 3 aromatic rings. The van der Waals surface area contributed by atoms with Gasteiger partial charge in [0, 0.05) is 30.3 Å². The van der Waals surface area contributed by atoms with E-state index >= 15 is 0 Å². The Hall–Kier alpha value is -3.06. The van der Waals surface area contributed by atoms with E-state index in [1.54, 1.807) is 13.0 Å². The summed E-state index contributed by atoms with van der Waals surface area (Å²) in [5.74, 6) is -0.399. The Morgan fingerprint density at radius 2 is 1.70 bits per heavy atom. The lowest BCUT2D eigenvalue weighted by atomic mass is 10.1. The van der Waals surface area contributed by atoms with Crippen LogP contribution in [0.5, 0.6) is 0 Å². The molecule has 27 heavy (non-hydrogen) atoms. The summed E-state index contributed by atoms with van der Waals surface area (Å²) in [6.07, 6.45) is 0. The maximum absolute atomic E-state index is 13.4. The molecule has 2 aromatic carbocycles. The van der Waals surface area contributed by atoms with Crippen LogP contribution in [0, 0.1) is 11.6 Å². The fraction of sp³-hybridized carbons (Fsp3) is 0.200. The Morgan fingerprint density at radius 1 is 1.00 bits per heavy atom. The smallest absolute Gasteiger partial charge is 0.225 e. The van der Waals surface area contributed by atoms with Gasteiger partial charge >= 0.3 is 0 Å². The van der Waals surface area contributed by atoms with Crippen molar-refractivity contribution in [1.82, 2.24) is 9.97 Å². The van der Waals surface area contributed by atoms with Gasteiger partial charge < -0.3 is 15.7 Å². The van der Waals surface area contributed by atoms with Crippen molar-refractivity contribution in [2.24, 2.45) is 0 Å². The summed E-state index contributed by atoms with van der Waals surface area (Å²) in [7, 11) is 0. The first-order valence-electron chi connectivity index (χ1n) is 8.54. The molecule has 0 aliphatic carbocycles. The van der Waals surface area contributed by atoms with Gasteiger partial charge in [0.15, 0.2) is 0 Å². The van der Waals surface area contributed by atoms with Crippen LogP contribution in [0.1, 0.15) is 12.5 Å². The summed E-state index contributed by atoms with van der Waals surface area (Å²) < 4.78 is 26.7. The first-order valence-corrected chi connectivity index (χ1v) is 8.54. The van der Waals surface area contributed by atoms with Crippen LogP contribution in [0.2, 0.25) is 0 Å². The van der Waals surface area contributed by atoms with Crippen LogP contribution in [-0.4, -0.2) is 27.7 Å². The molecule has 140 valence electrons. The number of anilines is 2. The lowest BCUT2D eigenvalue weighted by molar-refractivity contribution is 0.281. The van der Waals surface area contributed by atoms with Crippen molar-refractivity contribution >= 4 is 11.8 Å². The van der Waals surface area contributed by atoms with E-state index in [0.29, 0.717) is 23.0 Å². The van der Waals surface area contributed by atoms with Crippen molar-refractivity contribution in [3.05, 3.63) is 71.8 Å². The van der Waals surface area contributed by atoms with E-state index in [1.165, 1.54) is 12.1 Å². The number of aliphatic hydroxyl groups excluding tert-OH is 1. The van der Waals surface area contributed by atoms with Crippen LogP contribution in [0.25, 0.3) is 11.3 Å². The molecule has 0 fully saturated rings. The van der Waals surface area contributed by atoms with E-state index in [2.05, 4.69) is 20.6 Å². The third-order valence-electron chi connectivity index (χ3n) is 3.84. The summed E-state index contributed by atoms with van der Waals surface area (Å²) >= 11 is 0. The monoisotopic (exact) mass is 370 g/mol. The van der Waals surface area contributed by atoms with Crippen molar-refractivity contribution in [2.75, 3.05) is 17.2 Å². The van der Waals surface area contributed by atoms with Crippen molar-refractivity contribution in [2.45, 2.75) is 19.5 Å². The molecule has 0 saturated heterocycles. The van der Waals surface area contributed by atoms with E-state index in [0.717, 1.165) is 11.6 Å². The second-order valence-corrected chi connectivity index (χ2v) is 6.19. The quantitative estimate of drug-likeness (QED) is 0.590. The predicted octanol–water partition coefficient (Wildman–Crippen LogP) is 3.83. The van der Waals surface area contributed by atoms with Crippen LogP contribution >= 0.6 is 0 Å². The largest absolute Gasteiger partial charge is 0.394 e. The summed E-state index contributed by atoms with van der Waals surface area (Å²) in [5.41, 5.74) is 2.05. The van der Waals surface area contributed by atoms with Gasteiger partial charge in [-0.2, -0.15) is 4.98 Å². The molecule has 1 heterocycles. The van der Waals surface area contributed by atoms with Gasteiger partial charge in [0.05, 0.1) is 12.3 Å². The third kappa shape index (κ3) is 5.21. The maximum atomic E-state index is 13.4. The van der Waals surface area contributed by atoms with Gasteiger partial charge in [-0.15, -0.1) is 0 Å². The number of nitrogens with one attached hydrogen (secondary N) is 2. The van der Waals surface area contributed by atoms with E-state index in [1.807, 2.05) is 30.3 Å². The predicted molar refractivity (Wildman–Crippen MR) is 101 cm³/mol. The Morgan fingerprint density at radius 3 is 2.37 bits per heavy atom. The fourth-order valence-corrected chi connectivity index (χ4v) is 2.53. The SMILES string of the molecule is C[C@@H](CO)Nc1nc(NCc2cc(F)cc(F)c2)cc(-c2ccccc2)n1. The van der Waals surface area contributed by atoms with Crippen molar-refractivity contribution in [3.63, 3.8) is 0 Å². The number of nitrogens with zero attached hydrogens (tertiary/aromatic N) is 2. The minimum Gasteiger partial charge on any atom is -0.394 e. The molecule has 0 radical (unpaired) electrons. The van der Waals surface area contributed by atoms with E-state index in [4.69, 9.17) is 0 Å². The van der Waals surface area contributed by atoms with Crippen LogP contribution in [-0.2, 0) is 6.54 Å². The van der Waals surface area contributed by atoms with Crippen LogP contribution in [0.15, 0.2) is 54.6 Å². The fourth-order valence-electron chi connectivity index (χ4n) is 2.53. The van der Waals surface area contributed by atoms with Crippen LogP contribution in [0.3, 0.4) is 0 Å². The zero-order valence-corrected chi connectivity index (χ0v) is 14.8. The molecule has 0 aliphatic rings. The number of benzene rings is 2. The molecule has 3 N–H and O–H groups in total. The highest BCUT2D eigenvalue weighted by Gasteiger charge is 2.09. The molecule has 0 amide bonds. The molecule has 3 rings (SSSR count). The Bertz CT molecular complexity index is 885. The number of aromatic nitrogens is 2. The highest BCUT2D eigenvalue weighted by molar-refractivity contribution is 5.64. The van der Waals surface area contributed by atoms with Gasteiger partial charge in [-0.05, 0) is 24.6 Å². The first kappa shape index (κ1) is 18.7. The van der Waals surface area contributed by atoms with Gasteiger partial charge in [-0.1, -0.05) is 30.3 Å². The van der Waals surface area contributed by atoms with Crippen molar-refractivity contribution in [1.29, 1.82) is 0 Å². The average Bonchev–Trinajstić information content (AvgIpc) is 2.66. The molecule has 1 atom stereocenters. The number of rotatable bonds is 7. The molecule has 0 saturated carbocycles. The summed E-state index contributed by atoms with van der Waals surface area (Å²) in [6.45, 7) is 1.94. The van der Waals surface area contributed by atoms with E-state index < -0.39 is 11.6 Å². The normalized spacial score (nSPS) is 11.9. The van der Waals surface area contributed by atoms with Crippen molar-refractivity contribution < 1.29 is 13.9 Å². The Labute approximate surface area is 156 Å². The third-order valence-corrected chi connectivity index (χ3v) is 3.84. The lowest BCUT2D eigenvalue weighted by Crippen LogP contribution is -2.21. The summed E-state index contributed by atoms with van der Waals surface area (Å²) in [5, 5.41) is 15.3.